The molecule has 0 heterocycles. The predicted octanol–water partition coefficient (Wildman–Crippen LogP) is 2.84. The van der Waals surface area contributed by atoms with Gasteiger partial charge in [0.05, 0.1) is 11.0 Å². The monoisotopic (exact) mass is 286 g/mol. The molecular formula is C13H16F2N2O3. The fourth-order valence-electron chi connectivity index (χ4n) is 2.55. The minimum atomic E-state index is -1.21. The van der Waals surface area contributed by atoms with Gasteiger partial charge < -0.3 is 10.4 Å². The molecule has 0 saturated heterocycles. The summed E-state index contributed by atoms with van der Waals surface area (Å²) in [4.78, 5) is 9.94. The van der Waals surface area contributed by atoms with Crippen LogP contribution in [-0.4, -0.2) is 22.7 Å². The Morgan fingerprint density at radius 1 is 1.35 bits per heavy atom. The van der Waals surface area contributed by atoms with Crippen LogP contribution in [0.15, 0.2) is 12.1 Å². The van der Waals surface area contributed by atoms with Crippen LogP contribution in [0.5, 0.6) is 0 Å². The van der Waals surface area contributed by atoms with E-state index in [-0.39, 0.29) is 18.2 Å². The largest absolute Gasteiger partial charge is 0.393 e. The van der Waals surface area contributed by atoms with Gasteiger partial charge in [-0.2, -0.15) is 4.39 Å². The van der Waals surface area contributed by atoms with Gasteiger partial charge in [0.25, 0.3) is 0 Å². The minimum absolute atomic E-state index is 0.0605. The number of hydrogen-bond acceptors (Lipinski definition) is 4. The summed E-state index contributed by atoms with van der Waals surface area (Å²) < 4.78 is 26.6. The predicted molar refractivity (Wildman–Crippen MR) is 69.5 cm³/mol. The molecule has 1 aromatic carbocycles. The van der Waals surface area contributed by atoms with E-state index in [0.717, 1.165) is 25.3 Å². The van der Waals surface area contributed by atoms with Crippen molar-refractivity contribution in [1.29, 1.82) is 0 Å². The fourth-order valence-corrected chi connectivity index (χ4v) is 2.55. The van der Waals surface area contributed by atoms with Crippen molar-refractivity contribution in [2.75, 3.05) is 11.9 Å². The third kappa shape index (κ3) is 3.22. The highest BCUT2D eigenvalue weighted by Gasteiger charge is 2.26. The molecule has 0 radical (unpaired) electrons. The van der Waals surface area contributed by atoms with E-state index >= 15 is 0 Å². The zero-order chi connectivity index (χ0) is 14.7. The summed E-state index contributed by atoms with van der Waals surface area (Å²) in [5.74, 6) is -2.14. The number of aliphatic hydroxyl groups is 1. The normalized spacial score (nSPS) is 22.6. The number of aliphatic hydroxyl groups excluding tert-OH is 1. The summed E-state index contributed by atoms with van der Waals surface area (Å²) in [5.41, 5.74) is -0.957. The molecule has 1 fully saturated rings. The Bertz CT molecular complexity index is 511. The van der Waals surface area contributed by atoms with Crippen molar-refractivity contribution in [3.63, 3.8) is 0 Å². The van der Waals surface area contributed by atoms with E-state index in [1.54, 1.807) is 0 Å². The number of nitrogens with one attached hydrogen (secondary N) is 1. The quantitative estimate of drug-likeness (QED) is 0.659. The first-order chi connectivity index (χ1) is 9.49. The Hall–Kier alpha value is -1.76. The molecule has 1 saturated carbocycles. The van der Waals surface area contributed by atoms with Crippen molar-refractivity contribution in [2.24, 2.45) is 5.92 Å². The van der Waals surface area contributed by atoms with E-state index in [4.69, 9.17) is 0 Å². The van der Waals surface area contributed by atoms with Crippen molar-refractivity contribution in [3.05, 3.63) is 33.9 Å². The lowest BCUT2D eigenvalue weighted by atomic mass is 9.86. The van der Waals surface area contributed by atoms with Gasteiger partial charge in [-0.25, -0.2) is 4.39 Å². The summed E-state index contributed by atoms with van der Waals surface area (Å²) in [7, 11) is 0. The Kier molecular flexibility index (Phi) is 4.49. The first-order valence-electron chi connectivity index (χ1n) is 6.54. The number of benzene rings is 1. The number of nitrogens with zero attached hydrogens (tertiary/aromatic N) is 1. The lowest BCUT2D eigenvalue weighted by Gasteiger charge is -2.27. The highest BCUT2D eigenvalue weighted by Crippen LogP contribution is 2.30. The Balaban J connectivity index is 2.14. The van der Waals surface area contributed by atoms with Crippen LogP contribution in [0.2, 0.25) is 0 Å². The molecule has 0 bridgehead atoms. The first-order valence-corrected chi connectivity index (χ1v) is 6.54. The highest BCUT2D eigenvalue weighted by atomic mass is 19.1. The summed E-state index contributed by atoms with van der Waals surface area (Å²) in [6, 6.07) is 1.38. The molecule has 2 N–H and O–H groups in total. The van der Waals surface area contributed by atoms with E-state index in [9.17, 15) is 24.0 Å². The first kappa shape index (κ1) is 14.6. The van der Waals surface area contributed by atoms with Gasteiger partial charge in [-0.3, -0.25) is 10.1 Å². The number of rotatable bonds is 4. The SMILES string of the molecule is O=[N+]([O-])c1c(F)cc(F)cc1NCC1CCCCC1O. The van der Waals surface area contributed by atoms with E-state index in [2.05, 4.69) is 5.32 Å². The number of hydrogen-bond donors (Lipinski definition) is 2. The molecule has 0 aromatic heterocycles. The van der Waals surface area contributed by atoms with Gasteiger partial charge in [-0.05, 0) is 12.8 Å². The maximum Gasteiger partial charge on any atom is 0.327 e. The maximum absolute atomic E-state index is 13.4. The molecule has 5 nitrogen and oxygen atoms in total. The molecule has 2 rings (SSSR count). The van der Waals surface area contributed by atoms with Gasteiger partial charge in [0.2, 0.25) is 5.82 Å². The lowest BCUT2D eigenvalue weighted by molar-refractivity contribution is -0.386. The summed E-state index contributed by atoms with van der Waals surface area (Å²) >= 11 is 0. The van der Waals surface area contributed by atoms with Crippen LogP contribution in [0, 0.1) is 27.7 Å². The minimum Gasteiger partial charge on any atom is -0.393 e. The van der Waals surface area contributed by atoms with E-state index in [1.165, 1.54) is 0 Å². The van der Waals surface area contributed by atoms with E-state index < -0.39 is 28.3 Å². The van der Waals surface area contributed by atoms with Crippen LogP contribution in [-0.2, 0) is 0 Å². The van der Waals surface area contributed by atoms with Crippen molar-refractivity contribution in [1.82, 2.24) is 0 Å². The van der Waals surface area contributed by atoms with Gasteiger partial charge in [-0.15, -0.1) is 0 Å². The standard InChI is InChI=1S/C13H16F2N2O3/c14-9-5-10(15)13(17(19)20)11(6-9)16-7-8-3-1-2-4-12(8)18/h5-6,8,12,16,18H,1-4,7H2. The molecule has 1 aliphatic rings. The summed E-state index contributed by atoms with van der Waals surface area (Å²) in [6.45, 7) is 0.255. The van der Waals surface area contributed by atoms with Crippen molar-refractivity contribution < 1.29 is 18.8 Å². The van der Waals surface area contributed by atoms with Gasteiger partial charge in [-0.1, -0.05) is 12.8 Å². The van der Waals surface area contributed by atoms with Gasteiger partial charge >= 0.3 is 5.69 Å². The van der Waals surface area contributed by atoms with Crippen molar-refractivity contribution >= 4 is 11.4 Å². The van der Waals surface area contributed by atoms with Crippen LogP contribution in [0.25, 0.3) is 0 Å². The molecule has 110 valence electrons. The topological polar surface area (TPSA) is 75.4 Å². The summed E-state index contributed by atoms with van der Waals surface area (Å²) in [6.07, 6.45) is 2.93. The van der Waals surface area contributed by atoms with Crippen LogP contribution >= 0.6 is 0 Å². The molecule has 0 spiro atoms. The molecule has 1 aliphatic carbocycles. The van der Waals surface area contributed by atoms with Crippen LogP contribution in [0.3, 0.4) is 0 Å². The molecular weight excluding hydrogens is 270 g/mol. The second kappa shape index (κ2) is 6.13. The van der Waals surface area contributed by atoms with Crippen LogP contribution in [0.4, 0.5) is 20.2 Å². The van der Waals surface area contributed by atoms with E-state index in [0.29, 0.717) is 12.5 Å². The Morgan fingerprint density at radius 2 is 2.05 bits per heavy atom. The molecule has 2 atom stereocenters. The molecule has 0 amide bonds. The zero-order valence-electron chi connectivity index (χ0n) is 10.8. The second-order valence-corrected chi connectivity index (χ2v) is 5.03. The van der Waals surface area contributed by atoms with Crippen molar-refractivity contribution in [2.45, 2.75) is 31.8 Å². The van der Waals surface area contributed by atoms with Gasteiger partial charge in [0.1, 0.15) is 11.5 Å². The second-order valence-electron chi connectivity index (χ2n) is 5.03. The third-order valence-electron chi connectivity index (χ3n) is 3.63. The van der Waals surface area contributed by atoms with Crippen LogP contribution in [0.1, 0.15) is 25.7 Å². The zero-order valence-corrected chi connectivity index (χ0v) is 10.8. The fraction of sp³-hybridized carbons (Fsp3) is 0.538. The Morgan fingerprint density at radius 3 is 2.70 bits per heavy atom. The average molecular weight is 286 g/mol. The van der Waals surface area contributed by atoms with Gasteiger partial charge in [0.15, 0.2) is 0 Å². The Labute approximate surface area is 114 Å². The molecule has 1 aromatic rings. The third-order valence-corrected chi connectivity index (χ3v) is 3.63. The molecule has 20 heavy (non-hydrogen) atoms. The number of nitro groups is 1. The lowest BCUT2D eigenvalue weighted by Crippen LogP contribution is -2.30. The van der Waals surface area contributed by atoms with Crippen molar-refractivity contribution in [3.8, 4) is 0 Å². The van der Waals surface area contributed by atoms with E-state index in [1.807, 2.05) is 0 Å². The number of anilines is 1. The highest BCUT2D eigenvalue weighted by molar-refractivity contribution is 5.62. The molecule has 0 aliphatic heterocycles. The molecule has 7 heteroatoms. The molecule has 2 unspecified atom stereocenters. The maximum atomic E-state index is 13.4. The summed E-state index contributed by atoms with van der Waals surface area (Å²) in [5, 5.41) is 23.3. The van der Waals surface area contributed by atoms with Gasteiger partial charge in [0, 0.05) is 24.6 Å². The average Bonchev–Trinajstić information content (AvgIpc) is 2.36. The number of halogens is 2. The van der Waals surface area contributed by atoms with Crippen LogP contribution < -0.4 is 5.32 Å². The number of nitro benzene ring substituents is 1. The smallest absolute Gasteiger partial charge is 0.327 e.